The minimum absolute atomic E-state index is 0.0377. The van der Waals surface area contributed by atoms with Gasteiger partial charge in [0.15, 0.2) is 0 Å². The molecule has 5 nitrogen and oxygen atoms in total. The first-order valence-electron chi connectivity index (χ1n) is 12.8. The van der Waals surface area contributed by atoms with Crippen molar-refractivity contribution in [3.8, 4) is 5.75 Å². The summed E-state index contributed by atoms with van der Waals surface area (Å²) in [5.41, 5.74) is 0.148. The molecule has 0 saturated heterocycles. The maximum atomic E-state index is 13.8. The van der Waals surface area contributed by atoms with Crippen molar-refractivity contribution in [2.24, 2.45) is 11.8 Å². The fourth-order valence-corrected chi connectivity index (χ4v) is 6.01. The highest BCUT2D eigenvalue weighted by Crippen LogP contribution is 2.44. The lowest BCUT2D eigenvalue weighted by atomic mass is 9.80. The van der Waals surface area contributed by atoms with Crippen molar-refractivity contribution in [3.63, 3.8) is 0 Å². The molecule has 2 aliphatic carbocycles. The molecule has 0 unspecified atom stereocenters. The molecule has 0 aliphatic heterocycles. The van der Waals surface area contributed by atoms with Crippen LogP contribution in [0.1, 0.15) is 42.5 Å². The molecule has 39 heavy (non-hydrogen) atoms. The van der Waals surface area contributed by atoms with Crippen molar-refractivity contribution in [2.75, 3.05) is 0 Å². The Labute approximate surface area is 228 Å². The molecule has 1 aromatic heterocycles. The monoisotopic (exact) mass is 561 g/mol. The highest BCUT2D eigenvalue weighted by atomic mass is 35.5. The van der Waals surface area contributed by atoms with Crippen LogP contribution in [-0.4, -0.2) is 29.6 Å². The van der Waals surface area contributed by atoms with Gasteiger partial charge in [-0.3, -0.25) is 4.98 Å². The van der Waals surface area contributed by atoms with E-state index in [-0.39, 0.29) is 12.5 Å². The van der Waals surface area contributed by atoms with Crippen molar-refractivity contribution >= 4 is 17.6 Å². The first-order chi connectivity index (χ1) is 18.6. The van der Waals surface area contributed by atoms with Crippen molar-refractivity contribution in [1.29, 1.82) is 0 Å². The molecule has 4 atom stereocenters. The van der Waals surface area contributed by atoms with E-state index in [1.807, 2.05) is 30.3 Å². The van der Waals surface area contributed by atoms with Crippen molar-refractivity contribution in [1.82, 2.24) is 15.6 Å². The van der Waals surface area contributed by atoms with Gasteiger partial charge in [0.25, 0.3) is 0 Å². The number of pyridine rings is 1. The standard InChI is InChI=1S/C29H28ClF4N3O2/c30-22-11-12-25(35-17-22)28(16-18-5-2-1-3-6-18,37-27(38)36-24-14-19-9-10-20(24)13-19)21-7-4-8-23(15-21)39-29(33,34)26(31)32/h1-8,11-12,15,17,19-20,24,26H,9-10,13-14,16H2,(H2,36,37,38)/t19-,20-,24+,28+/m0/s1. The fraction of sp³-hybridized carbons (Fsp3) is 0.379. The van der Waals surface area contributed by atoms with Gasteiger partial charge in [0, 0.05) is 18.7 Å². The van der Waals surface area contributed by atoms with Gasteiger partial charge in [-0.1, -0.05) is 60.5 Å². The van der Waals surface area contributed by atoms with Gasteiger partial charge in [-0.15, -0.1) is 0 Å². The molecule has 2 N–H and O–H groups in total. The quantitative estimate of drug-likeness (QED) is 0.278. The summed E-state index contributed by atoms with van der Waals surface area (Å²) in [5, 5.41) is 6.57. The number of urea groups is 1. The van der Waals surface area contributed by atoms with Crippen LogP contribution in [0.25, 0.3) is 0 Å². The van der Waals surface area contributed by atoms with Gasteiger partial charge in [-0.25, -0.2) is 4.79 Å². The van der Waals surface area contributed by atoms with Crippen LogP contribution in [0.4, 0.5) is 22.4 Å². The molecule has 0 spiro atoms. The number of aromatic nitrogens is 1. The van der Waals surface area contributed by atoms with Crippen molar-refractivity contribution in [3.05, 3.63) is 94.8 Å². The number of nitrogens with one attached hydrogen (secondary N) is 2. The maximum Gasteiger partial charge on any atom is 0.461 e. The largest absolute Gasteiger partial charge is 0.461 e. The predicted octanol–water partition coefficient (Wildman–Crippen LogP) is 6.95. The van der Waals surface area contributed by atoms with Crippen molar-refractivity contribution < 1.29 is 27.1 Å². The second-order valence-electron chi connectivity index (χ2n) is 10.3. The Balaban J connectivity index is 1.57. The number of benzene rings is 2. The predicted molar refractivity (Wildman–Crippen MR) is 139 cm³/mol. The molecule has 2 bridgehead atoms. The van der Waals surface area contributed by atoms with Crippen LogP contribution in [0.15, 0.2) is 72.9 Å². The highest BCUT2D eigenvalue weighted by molar-refractivity contribution is 6.30. The Morgan fingerprint density at radius 1 is 1.05 bits per heavy atom. The lowest BCUT2D eigenvalue weighted by Crippen LogP contribution is -2.55. The topological polar surface area (TPSA) is 63.2 Å². The molecule has 2 saturated carbocycles. The number of ether oxygens (including phenoxy) is 1. The zero-order valence-electron chi connectivity index (χ0n) is 20.9. The van der Waals surface area contributed by atoms with Gasteiger partial charge < -0.3 is 15.4 Å². The average Bonchev–Trinajstić information content (AvgIpc) is 3.52. The molecule has 3 aromatic rings. The number of carbonyl (C=O) groups is 1. The number of alkyl halides is 4. The molecule has 2 amide bonds. The molecular weight excluding hydrogens is 534 g/mol. The summed E-state index contributed by atoms with van der Waals surface area (Å²) in [5.74, 6) is 0.559. The van der Waals surface area contributed by atoms with Gasteiger partial charge in [0.05, 0.1) is 10.7 Å². The molecule has 2 aliphatic rings. The summed E-state index contributed by atoms with van der Waals surface area (Å²) in [7, 11) is 0. The lowest BCUT2D eigenvalue weighted by molar-refractivity contribution is -0.253. The van der Waals surface area contributed by atoms with Crippen LogP contribution in [-0.2, 0) is 12.0 Å². The van der Waals surface area contributed by atoms with E-state index in [0.29, 0.717) is 28.1 Å². The Kier molecular flexibility index (Phi) is 7.71. The summed E-state index contributed by atoms with van der Waals surface area (Å²) in [6, 6.07) is 17.5. The zero-order valence-corrected chi connectivity index (χ0v) is 21.7. The summed E-state index contributed by atoms with van der Waals surface area (Å²) in [6.07, 6.45) is -2.84. The van der Waals surface area contributed by atoms with Gasteiger partial charge in [0.1, 0.15) is 11.3 Å². The number of halogens is 5. The minimum atomic E-state index is -4.69. The van der Waals surface area contributed by atoms with Crippen molar-refractivity contribution in [2.45, 2.75) is 56.2 Å². The van der Waals surface area contributed by atoms with Crippen LogP contribution in [0.3, 0.4) is 0 Å². The number of nitrogens with zero attached hydrogens (tertiary/aromatic N) is 1. The van der Waals surface area contributed by atoms with Crippen LogP contribution < -0.4 is 15.4 Å². The van der Waals surface area contributed by atoms with E-state index >= 15 is 0 Å². The molecule has 0 radical (unpaired) electrons. The summed E-state index contributed by atoms with van der Waals surface area (Å²) in [6.45, 7) is 0. The van der Waals surface area contributed by atoms with E-state index in [0.717, 1.165) is 30.9 Å². The Hall–Kier alpha value is -3.33. The number of carbonyl (C=O) groups excluding carboxylic acids is 1. The summed E-state index contributed by atoms with van der Waals surface area (Å²) in [4.78, 5) is 18.1. The molecule has 2 aromatic carbocycles. The molecule has 10 heteroatoms. The summed E-state index contributed by atoms with van der Waals surface area (Å²) < 4.78 is 57.8. The Morgan fingerprint density at radius 3 is 2.49 bits per heavy atom. The van der Waals surface area contributed by atoms with E-state index in [1.165, 1.54) is 24.8 Å². The number of rotatable bonds is 9. The van der Waals surface area contributed by atoms with Gasteiger partial charge in [-0.05, 0) is 66.5 Å². The molecule has 1 heterocycles. The molecule has 206 valence electrons. The van der Waals surface area contributed by atoms with E-state index < -0.39 is 29.9 Å². The Morgan fingerprint density at radius 2 is 1.85 bits per heavy atom. The maximum absolute atomic E-state index is 13.8. The van der Waals surface area contributed by atoms with Gasteiger partial charge >= 0.3 is 18.6 Å². The second kappa shape index (κ2) is 11.0. The third-order valence-corrected chi connectivity index (χ3v) is 7.92. The fourth-order valence-electron chi connectivity index (χ4n) is 5.90. The molecular formula is C29H28ClF4N3O2. The first-order valence-corrected chi connectivity index (χ1v) is 13.2. The smallest absolute Gasteiger partial charge is 0.428 e. The number of fused-ring (bicyclic) bond motifs is 2. The summed E-state index contributed by atoms with van der Waals surface area (Å²) >= 11 is 6.11. The highest BCUT2D eigenvalue weighted by Gasteiger charge is 2.45. The van der Waals surface area contributed by atoms with E-state index in [4.69, 9.17) is 11.6 Å². The normalized spacial score (nSPS) is 21.9. The van der Waals surface area contributed by atoms with Crippen LogP contribution in [0.5, 0.6) is 5.75 Å². The van der Waals surface area contributed by atoms with E-state index in [1.54, 1.807) is 18.2 Å². The third-order valence-electron chi connectivity index (χ3n) is 7.69. The van der Waals surface area contributed by atoms with Crippen LogP contribution in [0.2, 0.25) is 5.02 Å². The minimum Gasteiger partial charge on any atom is -0.428 e. The van der Waals surface area contributed by atoms with E-state index in [2.05, 4.69) is 20.4 Å². The third kappa shape index (κ3) is 5.98. The number of hydrogen-bond acceptors (Lipinski definition) is 3. The lowest BCUT2D eigenvalue weighted by Gasteiger charge is -2.36. The number of hydrogen-bond donors (Lipinski definition) is 2. The first kappa shape index (κ1) is 27.2. The Bertz CT molecular complexity index is 1300. The second-order valence-corrected chi connectivity index (χ2v) is 10.7. The van der Waals surface area contributed by atoms with E-state index in [9.17, 15) is 22.4 Å². The molecule has 5 rings (SSSR count). The van der Waals surface area contributed by atoms with Gasteiger partial charge in [-0.2, -0.15) is 17.6 Å². The molecule has 2 fully saturated rings. The SMILES string of the molecule is O=C(N[C@@H]1C[C@H]2CC[C@H]1C2)N[C@](Cc1ccccc1)(c1cccc(OC(F)(F)C(F)F)c1)c1ccc(Cl)cn1. The van der Waals surface area contributed by atoms with Crippen LogP contribution in [0, 0.1) is 11.8 Å². The van der Waals surface area contributed by atoms with Crippen LogP contribution >= 0.6 is 11.6 Å². The zero-order chi connectivity index (χ0) is 27.6. The average molecular weight is 562 g/mol. The van der Waals surface area contributed by atoms with Gasteiger partial charge in [0.2, 0.25) is 0 Å². The number of amides is 2.